The molecule has 0 saturated carbocycles. The lowest BCUT2D eigenvalue weighted by atomic mass is 9.91. The molecule has 0 saturated heterocycles. The van der Waals surface area contributed by atoms with Gasteiger partial charge in [0.1, 0.15) is 5.82 Å². The minimum absolute atomic E-state index is 0.0901. The van der Waals surface area contributed by atoms with Gasteiger partial charge in [0.15, 0.2) is 5.03 Å². The molecule has 0 amide bonds. The van der Waals surface area contributed by atoms with Crippen LogP contribution < -0.4 is 4.72 Å². The summed E-state index contributed by atoms with van der Waals surface area (Å²) in [6, 6.07) is 0. The Kier molecular flexibility index (Phi) is 5.80. The number of imidazole rings is 1. The number of aryl methyl sites for hydroxylation is 2. The number of nitrogens with one attached hydrogen (secondary N) is 1. The zero-order chi connectivity index (χ0) is 15.6. The van der Waals surface area contributed by atoms with Crippen molar-refractivity contribution in [1.29, 1.82) is 0 Å². The Morgan fingerprint density at radius 2 is 2.05 bits per heavy atom. The van der Waals surface area contributed by atoms with Crippen LogP contribution in [0.2, 0.25) is 0 Å². The monoisotopic (exact) mass is 365 g/mol. The number of aromatic nitrogens is 2. The number of rotatable bonds is 6. The molecule has 1 rings (SSSR count). The molecule has 116 valence electrons. The maximum absolute atomic E-state index is 12.2. The molecule has 7 heteroatoms. The summed E-state index contributed by atoms with van der Waals surface area (Å²) in [5, 5.41) is 0.0901. The number of halogens is 1. The van der Waals surface area contributed by atoms with Crippen molar-refractivity contribution < 1.29 is 8.42 Å². The van der Waals surface area contributed by atoms with Gasteiger partial charge in [-0.15, -0.1) is 0 Å². The third kappa shape index (κ3) is 5.18. The summed E-state index contributed by atoms with van der Waals surface area (Å²) < 4.78 is 28.8. The Hall–Kier alpha value is -0.400. The predicted molar refractivity (Wildman–Crippen MR) is 84.6 cm³/mol. The van der Waals surface area contributed by atoms with Crippen molar-refractivity contribution in [3.8, 4) is 0 Å². The molecule has 0 aliphatic rings. The van der Waals surface area contributed by atoms with Crippen molar-refractivity contribution in [2.45, 2.75) is 57.4 Å². The molecule has 20 heavy (non-hydrogen) atoms. The second-order valence-electron chi connectivity index (χ2n) is 6.13. The largest absolute Gasteiger partial charge is 0.334 e. The van der Waals surface area contributed by atoms with E-state index >= 15 is 0 Å². The number of nitrogens with zero attached hydrogens (tertiary/aromatic N) is 2. The van der Waals surface area contributed by atoms with Crippen LogP contribution in [-0.2, 0) is 16.6 Å². The quantitative estimate of drug-likeness (QED) is 0.788. The highest BCUT2D eigenvalue weighted by atomic mass is 79.9. The Morgan fingerprint density at radius 3 is 2.50 bits per heavy atom. The number of alkyl halides is 1. The van der Waals surface area contributed by atoms with Crippen LogP contribution in [0.1, 0.15) is 39.9 Å². The molecule has 1 unspecified atom stereocenters. The summed E-state index contributed by atoms with van der Waals surface area (Å²) in [5.41, 5.74) is 0.153. The van der Waals surface area contributed by atoms with E-state index in [0.29, 0.717) is 18.9 Å². The van der Waals surface area contributed by atoms with Crippen LogP contribution in [0.15, 0.2) is 11.2 Å². The van der Waals surface area contributed by atoms with E-state index in [1.807, 2.05) is 11.5 Å². The normalized spacial score (nSPS) is 14.5. The molecule has 1 aromatic rings. The maximum atomic E-state index is 12.2. The van der Waals surface area contributed by atoms with Gasteiger partial charge < -0.3 is 4.57 Å². The van der Waals surface area contributed by atoms with Crippen molar-refractivity contribution in [1.82, 2.24) is 14.3 Å². The van der Waals surface area contributed by atoms with Crippen LogP contribution in [-0.4, -0.2) is 29.3 Å². The average Bonchev–Trinajstić information content (AvgIpc) is 2.66. The molecule has 0 aliphatic carbocycles. The van der Waals surface area contributed by atoms with Crippen molar-refractivity contribution in [3.63, 3.8) is 0 Å². The number of hydrogen-bond donors (Lipinski definition) is 1. The Morgan fingerprint density at radius 1 is 1.45 bits per heavy atom. The van der Waals surface area contributed by atoms with Crippen LogP contribution in [0.5, 0.6) is 0 Å². The van der Waals surface area contributed by atoms with Crippen LogP contribution in [0, 0.1) is 12.3 Å². The summed E-state index contributed by atoms with van der Waals surface area (Å²) in [5.74, 6) is 0.706. The minimum atomic E-state index is -3.53. The van der Waals surface area contributed by atoms with Gasteiger partial charge in [0.05, 0.1) is 0 Å². The topological polar surface area (TPSA) is 64.0 Å². The molecule has 5 nitrogen and oxygen atoms in total. The third-order valence-electron chi connectivity index (χ3n) is 2.90. The van der Waals surface area contributed by atoms with E-state index < -0.39 is 10.0 Å². The molecule has 0 aromatic carbocycles. The minimum Gasteiger partial charge on any atom is -0.334 e. The molecule has 0 radical (unpaired) electrons. The highest BCUT2D eigenvalue weighted by Crippen LogP contribution is 2.24. The zero-order valence-corrected chi connectivity index (χ0v) is 15.2. The van der Waals surface area contributed by atoms with Gasteiger partial charge in [0.25, 0.3) is 10.0 Å². The highest BCUT2D eigenvalue weighted by Gasteiger charge is 2.22. The lowest BCUT2D eigenvalue weighted by Gasteiger charge is -2.22. The molecule has 0 spiro atoms. The first-order valence-corrected chi connectivity index (χ1v) is 9.12. The van der Waals surface area contributed by atoms with Crippen LogP contribution in [0.4, 0.5) is 0 Å². The number of sulfonamides is 1. The molecule has 1 aromatic heterocycles. The first kappa shape index (κ1) is 17.7. The molecule has 0 fully saturated rings. The van der Waals surface area contributed by atoms with Crippen molar-refractivity contribution in [2.24, 2.45) is 5.41 Å². The average molecular weight is 366 g/mol. The second kappa shape index (κ2) is 6.58. The van der Waals surface area contributed by atoms with Gasteiger partial charge in [-0.3, -0.25) is 0 Å². The Labute approximate surface area is 130 Å². The van der Waals surface area contributed by atoms with E-state index in [2.05, 4.69) is 46.4 Å². The second-order valence-corrected chi connectivity index (χ2v) is 9.14. The molecule has 1 N–H and O–H groups in total. The molecule has 0 bridgehead atoms. The smallest absolute Gasteiger partial charge is 0.259 e. The van der Waals surface area contributed by atoms with Crippen LogP contribution in [0.25, 0.3) is 0 Å². The summed E-state index contributed by atoms with van der Waals surface area (Å²) in [6.45, 7) is 11.2. The molecular formula is C13H24BrN3O2S. The lowest BCUT2D eigenvalue weighted by molar-refractivity contribution is 0.373. The van der Waals surface area contributed by atoms with Crippen LogP contribution >= 0.6 is 15.9 Å². The summed E-state index contributed by atoms with van der Waals surface area (Å²) in [6.07, 6.45) is 2.46. The third-order valence-corrected chi connectivity index (χ3v) is 4.84. The van der Waals surface area contributed by atoms with E-state index in [-0.39, 0.29) is 15.3 Å². The standard InChI is InChI=1S/C13H24BrN3O2S/c1-6-17-9-12(16-10(17)2)20(18,19)15-8-11(14)7-13(3,4)5/h9,11,15H,6-8H2,1-5H3. The summed E-state index contributed by atoms with van der Waals surface area (Å²) in [7, 11) is -3.53. The summed E-state index contributed by atoms with van der Waals surface area (Å²) in [4.78, 5) is 4.21. The van der Waals surface area contributed by atoms with Gasteiger partial charge in [0.2, 0.25) is 0 Å². The maximum Gasteiger partial charge on any atom is 0.259 e. The van der Waals surface area contributed by atoms with Gasteiger partial charge in [-0.25, -0.2) is 18.1 Å². The molecular weight excluding hydrogens is 342 g/mol. The van der Waals surface area contributed by atoms with E-state index in [4.69, 9.17) is 0 Å². The fraction of sp³-hybridized carbons (Fsp3) is 0.769. The zero-order valence-electron chi connectivity index (χ0n) is 12.8. The molecule has 0 aliphatic heterocycles. The molecule has 1 heterocycles. The van der Waals surface area contributed by atoms with Gasteiger partial charge in [-0.05, 0) is 25.7 Å². The fourth-order valence-corrected chi connectivity index (χ4v) is 4.37. The van der Waals surface area contributed by atoms with Gasteiger partial charge in [-0.2, -0.15) is 0 Å². The first-order valence-electron chi connectivity index (χ1n) is 6.72. The van der Waals surface area contributed by atoms with Crippen molar-refractivity contribution in [2.75, 3.05) is 6.54 Å². The predicted octanol–water partition coefficient (Wildman–Crippen LogP) is 2.69. The van der Waals surface area contributed by atoms with E-state index in [1.165, 1.54) is 0 Å². The van der Waals surface area contributed by atoms with Gasteiger partial charge >= 0.3 is 0 Å². The Bertz CT molecular complexity index is 546. The van der Waals surface area contributed by atoms with Crippen LogP contribution in [0.3, 0.4) is 0 Å². The highest BCUT2D eigenvalue weighted by molar-refractivity contribution is 9.09. The van der Waals surface area contributed by atoms with Gasteiger partial charge in [-0.1, -0.05) is 36.7 Å². The van der Waals surface area contributed by atoms with Crippen molar-refractivity contribution in [3.05, 3.63) is 12.0 Å². The van der Waals surface area contributed by atoms with Crippen molar-refractivity contribution >= 4 is 26.0 Å². The van der Waals surface area contributed by atoms with E-state index in [0.717, 1.165) is 6.42 Å². The van der Waals surface area contributed by atoms with Gasteiger partial charge in [0, 0.05) is 24.1 Å². The summed E-state index contributed by atoms with van der Waals surface area (Å²) >= 11 is 3.52. The fourth-order valence-electron chi connectivity index (χ4n) is 1.94. The lowest BCUT2D eigenvalue weighted by Crippen LogP contribution is -2.31. The van der Waals surface area contributed by atoms with E-state index in [1.54, 1.807) is 13.1 Å². The van der Waals surface area contributed by atoms with E-state index in [9.17, 15) is 8.42 Å². The Balaban J connectivity index is 2.70. The molecule has 1 atom stereocenters. The number of hydrogen-bond acceptors (Lipinski definition) is 3. The first-order chi connectivity index (χ1) is 9.05. The SMILES string of the molecule is CCn1cc(S(=O)(=O)NCC(Br)CC(C)(C)C)nc1C.